The van der Waals surface area contributed by atoms with Gasteiger partial charge in [0.05, 0.1) is 40.2 Å². The fourth-order valence-corrected chi connectivity index (χ4v) is 3.70. The second-order valence-electron chi connectivity index (χ2n) is 7.25. The van der Waals surface area contributed by atoms with Crippen molar-refractivity contribution in [2.75, 3.05) is 37.8 Å². The molecule has 1 amide bonds. The number of benzene rings is 2. The van der Waals surface area contributed by atoms with E-state index in [2.05, 4.69) is 10.6 Å². The highest BCUT2D eigenvalue weighted by Gasteiger charge is 2.28. The van der Waals surface area contributed by atoms with Gasteiger partial charge >= 0.3 is 5.69 Å². The van der Waals surface area contributed by atoms with Crippen molar-refractivity contribution < 1.29 is 32.9 Å². The van der Waals surface area contributed by atoms with E-state index in [4.69, 9.17) is 4.84 Å². The van der Waals surface area contributed by atoms with E-state index in [9.17, 15) is 38.6 Å². The monoisotopic (exact) mass is 525 g/mol. The highest BCUT2D eigenvalue weighted by molar-refractivity contribution is 7.88. The number of nitrogens with zero attached hydrogens (tertiary/aromatic N) is 6. The summed E-state index contributed by atoms with van der Waals surface area (Å²) in [6, 6.07) is 12.0. The molecule has 0 spiro atoms. The summed E-state index contributed by atoms with van der Waals surface area (Å²) in [6.07, 6.45) is 1.05. The molecule has 3 rings (SSSR count). The van der Waals surface area contributed by atoms with Gasteiger partial charge in [-0.1, -0.05) is 18.2 Å². The SMILES string of the molecule is CC(=O)Nc1ccccc1.CS(=O)(=O)N1CCN(/[N+]([O-])=N/Oc2ccc([N+](=O)[O-])cc2[N+](=O)[O-])CC1. The number of anilines is 1. The van der Waals surface area contributed by atoms with Crippen LogP contribution in [0.3, 0.4) is 0 Å². The van der Waals surface area contributed by atoms with Gasteiger partial charge in [-0.25, -0.2) is 8.42 Å². The first kappa shape index (κ1) is 27.9. The number of nitro groups is 2. The van der Waals surface area contributed by atoms with Gasteiger partial charge in [0, 0.05) is 31.8 Å². The summed E-state index contributed by atoms with van der Waals surface area (Å²) in [4.78, 5) is 35.2. The molecule has 0 atom stereocenters. The van der Waals surface area contributed by atoms with Gasteiger partial charge in [0.25, 0.3) is 5.69 Å². The molecule has 1 heterocycles. The van der Waals surface area contributed by atoms with Crippen molar-refractivity contribution in [3.63, 3.8) is 0 Å². The summed E-state index contributed by atoms with van der Waals surface area (Å²) in [7, 11) is -3.36. The number of hydrogen-bond acceptors (Lipinski definition) is 10. The minimum absolute atomic E-state index is 0.0359. The Morgan fingerprint density at radius 3 is 2.11 bits per heavy atom. The quantitative estimate of drug-likeness (QED) is 0.240. The van der Waals surface area contributed by atoms with Crippen molar-refractivity contribution in [3.05, 3.63) is 74.0 Å². The first-order valence-corrected chi connectivity index (χ1v) is 12.0. The average molecular weight is 526 g/mol. The molecule has 1 fully saturated rings. The van der Waals surface area contributed by atoms with E-state index in [1.165, 1.54) is 11.2 Å². The highest BCUT2D eigenvalue weighted by atomic mass is 32.2. The van der Waals surface area contributed by atoms with E-state index >= 15 is 0 Å². The topological polar surface area (TPSA) is 204 Å². The van der Waals surface area contributed by atoms with Gasteiger partial charge in [-0.15, -0.1) is 5.01 Å². The van der Waals surface area contributed by atoms with E-state index < -0.39 is 37.0 Å². The maximum atomic E-state index is 11.9. The second kappa shape index (κ2) is 12.4. The van der Waals surface area contributed by atoms with Crippen molar-refractivity contribution in [2.24, 2.45) is 5.28 Å². The number of amides is 1. The predicted octanol–water partition coefficient (Wildman–Crippen LogP) is 1.90. The van der Waals surface area contributed by atoms with Gasteiger partial charge in [-0.3, -0.25) is 29.9 Å². The first-order valence-electron chi connectivity index (χ1n) is 10.2. The Morgan fingerprint density at radius 1 is 1.00 bits per heavy atom. The zero-order chi connectivity index (χ0) is 26.9. The molecule has 1 aliphatic rings. The Morgan fingerprint density at radius 2 is 1.61 bits per heavy atom. The van der Waals surface area contributed by atoms with Crippen LogP contribution in [-0.4, -0.2) is 70.9 Å². The van der Waals surface area contributed by atoms with Crippen molar-refractivity contribution >= 4 is 33.0 Å². The maximum absolute atomic E-state index is 11.9. The van der Waals surface area contributed by atoms with Gasteiger partial charge in [0.2, 0.25) is 27.0 Å². The molecule has 0 aliphatic carbocycles. The molecule has 0 saturated carbocycles. The van der Waals surface area contributed by atoms with E-state index in [-0.39, 0.29) is 37.1 Å². The van der Waals surface area contributed by atoms with Crippen LogP contribution in [0.4, 0.5) is 17.1 Å². The van der Waals surface area contributed by atoms with E-state index in [0.29, 0.717) is 6.07 Å². The van der Waals surface area contributed by atoms with Crippen LogP contribution >= 0.6 is 0 Å². The summed E-state index contributed by atoms with van der Waals surface area (Å²) < 4.78 is 24.0. The number of carbonyl (C=O) groups excluding carboxylic acids is 1. The minimum Gasteiger partial charge on any atom is -0.569 e. The lowest BCUT2D eigenvalue weighted by atomic mass is 10.2. The number of rotatable bonds is 7. The number of hydrazine groups is 1. The van der Waals surface area contributed by atoms with Crippen LogP contribution in [0, 0.1) is 25.4 Å². The van der Waals surface area contributed by atoms with Crippen LogP contribution in [-0.2, 0) is 14.8 Å². The number of sulfonamides is 1. The molecule has 16 nitrogen and oxygen atoms in total. The number of nitro benzene ring substituents is 2. The number of para-hydroxylation sites is 1. The molecule has 2 aromatic carbocycles. The molecule has 0 bridgehead atoms. The lowest BCUT2D eigenvalue weighted by Gasteiger charge is -2.29. The Bertz CT molecular complexity index is 1230. The summed E-state index contributed by atoms with van der Waals surface area (Å²) >= 11 is 0. The third kappa shape index (κ3) is 8.44. The Balaban J connectivity index is 0.000000380. The highest BCUT2D eigenvalue weighted by Crippen LogP contribution is 2.31. The largest absolute Gasteiger partial charge is 0.569 e. The van der Waals surface area contributed by atoms with Gasteiger partial charge in [-0.05, 0) is 18.2 Å². The molecule has 1 aliphatic heterocycles. The lowest BCUT2D eigenvalue weighted by Crippen LogP contribution is -2.50. The molecule has 0 aromatic heterocycles. The molecular weight excluding hydrogens is 502 g/mol. The summed E-state index contributed by atoms with van der Waals surface area (Å²) in [5.41, 5.74) is -0.395. The number of carbonyl (C=O) groups is 1. The van der Waals surface area contributed by atoms with Crippen LogP contribution in [0.1, 0.15) is 6.92 Å². The standard InChI is InChI=1S/C11H14N6O8S.C8H9NO/c1-26(23,24)14-6-4-13(5-7-14)17(22)12-25-11-3-2-9(15(18)19)8-10(11)16(20)21;1-7(10)9-8-5-3-2-4-6-8/h2-3,8H,4-7H2,1H3;2-6H,1H3,(H,9,10)/b17-12-;. The Hall–Kier alpha value is -4.38. The fourth-order valence-electron chi connectivity index (χ4n) is 2.87. The van der Waals surface area contributed by atoms with Gasteiger partial charge < -0.3 is 10.5 Å². The van der Waals surface area contributed by atoms with Crippen LogP contribution in [0.15, 0.2) is 53.8 Å². The van der Waals surface area contributed by atoms with Gasteiger partial charge in [0.15, 0.2) is 0 Å². The van der Waals surface area contributed by atoms with Crippen molar-refractivity contribution in [3.8, 4) is 5.75 Å². The van der Waals surface area contributed by atoms with E-state index in [1.54, 1.807) is 0 Å². The smallest absolute Gasteiger partial charge is 0.321 e. The third-order valence-corrected chi connectivity index (χ3v) is 5.88. The summed E-state index contributed by atoms with van der Waals surface area (Å²) in [5.74, 6) is -0.484. The molecule has 194 valence electrons. The lowest BCUT2D eigenvalue weighted by molar-refractivity contribution is -0.708. The average Bonchev–Trinajstić information content (AvgIpc) is 2.82. The second-order valence-corrected chi connectivity index (χ2v) is 9.24. The zero-order valence-electron chi connectivity index (χ0n) is 19.2. The molecule has 1 saturated heterocycles. The van der Waals surface area contributed by atoms with Crippen LogP contribution in [0.25, 0.3) is 0 Å². The number of piperazine rings is 1. The summed E-state index contributed by atoms with van der Waals surface area (Å²) in [6.45, 7) is 1.74. The van der Waals surface area contributed by atoms with Gasteiger partial charge in [0.1, 0.15) is 0 Å². The van der Waals surface area contributed by atoms with Gasteiger partial charge in [-0.2, -0.15) is 4.31 Å². The predicted molar refractivity (Wildman–Crippen MR) is 125 cm³/mol. The first-order chi connectivity index (χ1) is 16.9. The summed E-state index contributed by atoms with van der Waals surface area (Å²) in [5, 5.41) is 40.5. The van der Waals surface area contributed by atoms with E-state index in [1.807, 2.05) is 30.3 Å². The third-order valence-electron chi connectivity index (χ3n) is 4.58. The molecule has 17 heteroatoms. The fraction of sp³-hybridized carbons (Fsp3) is 0.316. The number of nitrogens with one attached hydrogen (secondary N) is 1. The minimum atomic E-state index is -3.36. The normalized spacial score (nSPS) is 14.3. The Kier molecular flexibility index (Phi) is 9.57. The molecule has 0 unspecified atom stereocenters. The molecule has 36 heavy (non-hydrogen) atoms. The van der Waals surface area contributed by atoms with Crippen LogP contribution < -0.4 is 10.2 Å². The maximum Gasteiger partial charge on any atom is 0.321 e. The van der Waals surface area contributed by atoms with Crippen molar-refractivity contribution in [1.29, 1.82) is 0 Å². The molecule has 0 radical (unpaired) electrons. The van der Waals surface area contributed by atoms with Crippen LogP contribution in [0.5, 0.6) is 5.75 Å². The molecular formula is C19H23N7O9S. The van der Waals surface area contributed by atoms with Crippen molar-refractivity contribution in [2.45, 2.75) is 6.92 Å². The molecule has 2 aromatic rings. The zero-order valence-corrected chi connectivity index (χ0v) is 20.0. The Labute approximate surface area is 205 Å². The van der Waals surface area contributed by atoms with Crippen molar-refractivity contribution in [1.82, 2.24) is 9.31 Å². The number of hydrogen-bond donors (Lipinski definition) is 1. The number of non-ortho nitro benzene ring substituents is 1. The molecule has 1 N–H and O–H groups in total. The van der Waals surface area contributed by atoms with E-state index in [0.717, 1.165) is 29.1 Å². The van der Waals surface area contributed by atoms with Crippen LogP contribution in [0.2, 0.25) is 0 Å².